The summed E-state index contributed by atoms with van der Waals surface area (Å²) >= 11 is 0. The van der Waals surface area contributed by atoms with Crippen molar-refractivity contribution in [3.8, 4) is 5.75 Å². The van der Waals surface area contributed by atoms with Crippen LogP contribution in [0.2, 0.25) is 0 Å². The van der Waals surface area contributed by atoms with Crippen LogP contribution < -0.4 is 15.4 Å². The number of rotatable bonds is 6. The number of carbonyl (C=O) groups is 2. The molecule has 2 N–H and O–H groups in total. The van der Waals surface area contributed by atoms with E-state index in [1.54, 1.807) is 18.2 Å². The third-order valence-electron chi connectivity index (χ3n) is 5.80. The Kier molecular flexibility index (Phi) is 7.44. The predicted molar refractivity (Wildman–Crippen MR) is 128 cm³/mol. The lowest BCUT2D eigenvalue weighted by Gasteiger charge is -2.31. The van der Waals surface area contributed by atoms with E-state index in [2.05, 4.69) is 10.6 Å². The molecule has 2 amide bonds. The van der Waals surface area contributed by atoms with Gasteiger partial charge in [0.1, 0.15) is 5.75 Å². The van der Waals surface area contributed by atoms with Crippen molar-refractivity contribution in [3.05, 3.63) is 47.0 Å². The number of nitrogens with zero attached hydrogens (tertiary/aromatic N) is 1. The fourth-order valence-electron chi connectivity index (χ4n) is 4.38. The van der Waals surface area contributed by atoms with E-state index in [0.717, 1.165) is 16.7 Å². The van der Waals surface area contributed by atoms with Gasteiger partial charge in [0.25, 0.3) is 0 Å². The van der Waals surface area contributed by atoms with Crippen molar-refractivity contribution < 1.29 is 22.7 Å². The molecule has 33 heavy (non-hydrogen) atoms. The SMILES string of the molecule is COc1ccc(NC(C)=O)cc1NC(=O)C1CCN(S(=O)(=O)c2c(C)cc(C)cc2C)CC1. The van der Waals surface area contributed by atoms with Crippen LogP contribution in [0.15, 0.2) is 35.2 Å². The number of carbonyl (C=O) groups excluding carboxylic acids is 2. The molecule has 178 valence electrons. The van der Waals surface area contributed by atoms with Gasteiger partial charge in [0, 0.05) is 31.6 Å². The summed E-state index contributed by atoms with van der Waals surface area (Å²) in [6.07, 6.45) is 0.839. The molecule has 2 aromatic rings. The number of benzene rings is 2. The molecule has 9 heteroatoms. The number of methoxy groups -OCH3 is 1. The third-order valence-corrected chi connectivity index (χ3v) is 8.01. The number of sulfonamides is 1. The average Bonchev–Trinajstić information content (AvgIpc) is 2.72. The first-order valence-electron chi connectivity index (χ1n) is 10.9. The Balaban J connectivity index is 1.70. The molecule has 0 aromatic heterocycles. The van der Waals surface area contributed by atoms with Gasteiger partial charge in [-0.15, -0.1) is 0 Å². The monoisotopic (exact) mass is 473 g/mol. The Morgan fingerprint density at radius 2 is 1.61 bits per heavy atom. The van der Waals surface area contributed by atoms with Gasteiger partial charge in [-0.25, -0.2) is 8.42 Å². The van der Waals surface area contributed by atoms with Gasteiger partial charge in [0.15, 0.2) is 0 Å². The molecule has 1 saturated heterocycles. The second-order valence-electron chi connectivity index (χ2n) is 8.49. The minimum atomic E-state index is -3.63. The Labute approximate surface area is 195 Å². The highest BCUT2D eigenvalue weighted by Gasteiger charge is 2.34. The molecule has 3 rings (SSSR count). The van der Waals surface area contributed by atoms with E-state index in [0.29, 0.717) is 34.9 Å². The smallest absolute Gasteiger partial charge is 0.243 e. The topological polar surface area (TPSA) is 105 Å². The summed E-state index contributed by atoms with van der Waals surface area (Å²) in [5, 5.41) is 5.55. The first-order chi connectivity index (χ1) is 15.5. The van der Waals surface area contributed by atoms with Crippen LogP contribution in [0.5, 0.6) is 5.75 Å². The molecule has 1 aliphatic rings. The highest BCUT2D eigenvalue weighted by molar-refractivity contribution is 7.89. The molecule has 1 heterocycles. The van der Waals surface area contributed by atoms with Gasteiger partial charge >= 0.3 is 0 Å². The van der Waals surface area contributed by atoms with Crippen LogP contribution in [-0.2, 0) is 19.6 Å². The molecule has 1 fully saturated rings. The van der Waals surface area contributed by atoms with Gasteiger partial charge in [0.2, 0.25) is 21.8 Å². The molecule has 8 nitrogen and oxygen atoms in total. The molecule has 0 unspecified atom stereocenters. The maximum absolute atomic E-state index is 13.3. The zero-order valence-corrected chi connectivity index (χ0v) is 20.5. The van der Waals surface area contributed by atoms with Crippen molar-refractivity contribution in [3.63, 3.8) is 0 Å². The molecule has 0 atom stereocenters. The van der Waals surface area contributed by atoms with Crippen LogP contribution in [-0.4, -0.2) is 44.7 Å². The lowest BCUT2D eigenvalue weighted by atomic mass is 9.97. The van der Waals surface area contributed by atoms with Gasteiger partial charge in [-0.05, 0) is 62.9 Å². The maximum atomic E-state index is 13.3. The zero-order valence-electron chi connectivity index (χ0n) is 19.7. The van der Waals surface area contributed by atoms with Crippen LogP contribution in [0.25, 0.3) is 0 Å². The second-order valence-corrected chi connectivity index (χ2v) is 10.4. The van der Waals surface area contributed by atoms with E-state index in [1.807, 2.05) is 32.9 Å². The minimum Gasteiger partial charge on any atom is -0.495 e. The average molecular weight is 474 g/mol. The van der Waals surface area contributed by atoms with E-state index in [4.69, 9.17) is 4.74 Å². The van der Waals surface area contributed by atoms with Crippen molar-refractivity contribution >= 4 is 33.2 Å². The van der Waals surface area contributed by atoms with E-state index in [9.17, 15) is 18.0 Å². The van der Waals surface area contributed by atoms with Gasteiger partial charge in [-0.3, -0.25) is 9.59 Å². The summed E-state index contributed by atoms with van der Waals surface area (Å²) in [4.78, 5) is 24.6. The molecular weight excluding hydrogens is 442 g/mol. The van der Waals surface area contributed by atoms with Gasteiger partial charge in [-0.2, -0.15) is 4.31 Å². The minimum absolute atomic E-state index is 0.201. The standard InChI is InChI=1S/C24H31N3O5S/c1-15-12-16(2)23(17(3)13-15)33(30,31)27-10-8-19(9-11-27)24(29)26-21-14-20(25-18(4)28)6-7-22(21)32-5/h6-7,12-14,19H,8-11H2,1-5H3,(H,25,28)(H,26,29). The molecule has 1 aliphatic heterocycles. The second kappa shape index (κ2) is 9.93. The Morgan fingerprint density at radius 3 is 2.15 bits per heavy atom. The highest BCUT2D eigenvalue weighted by atomic mass is 32.2. The van der Waals surface area contributed by atoms with E-state index < -0.39 is 10.0 Å². The summed E-state index contributed by atoms with van der Waals surface area (Å²) in [5.41, 5.74) is 3.49. The number of ether oxygens (including phenoxy) is 1. The molecule has 0 saturated carbocycles. The van der Waals surface area contributed by atoms with Crippen LogP contribution in [0.4, 0.5) is 11.4 Å². The zero-order chi connectivity index (χ0) is 24.3. The largest absolute Gasteiger partial charge is 0.495 e. The normalized spacial score (nSPS) is 15.2. The van der Waals surface area contributed by atoms with Crippen LogP contribution >= 0.6 is 0 Å². The van der Waals surface area contributed by atoms with Gasteiger partial charge in [-0.1, -0.05) is 17.7 Å². The van der Waals surface area contributed by atoms with Crippen molar-refractivity contribution in [1.82, 2.24) is 4.31 Å². The first-order valence-corrected chi connectivity index (χ1v) is 12.3. The van der Waals surface area contributed by atoms with Crippen LogP contribution in [0.1, 0.15) is 36.5 Å². The fraction of sp³-hybridized carbons (Fsp3) is 0.417. The number of anilines is 2. The summed E-state index contributed by atoms with van der Waals surface area (Å²) in [6.45, 7) is 7.53. The van der Waals surface area contributed by atoms with Crippen molar-refractivity contribution in [1.29, 1.82) is 0 Å². The number of piperidine rings is 1. The van der Waals surface area contributed by atoms with E-state index in [1.165, 1.54) is 18.3 Å². The van der Waals surface area contributed by atoms with Crippen molar-refractivity contribution in [2.75, 3.05) is 30.8 Å². The number of hydrogen-bond acceptors (Lipinski definition) is 5. The lowest BCUT2D eigenvalue weighted by Crippen LogP contribution is -2.41. The summed E-state index contributed by atoms with van der Waals surface area (Å²) in [6, 6.07) is 8.75. The van der Waals surface area contributed by atoms with Crippen LogP contribution in [0.3, 0.4) is 0 Å². The summed E-state index contributed by atoms with van der Waals surface area (Å²) < 4.78 is 33.4. The predicted octanol–water partition coefficient (Wildman–Crippen LogP) is 3.62. The Bertz CT molecular complexity index is 1150. The Hall–Kier alpha value is -2.91. The molecule has 0 aliphatic carbocycles. The molecule has 0 spiro atoms. The van der Waals surface area contributed by atoms with E-state index >= 15 is 0 Å². The van der Waals surface area contributed by atoms with Crippen molar-refractivity contribution in [2.24, 2.45) is 5.92 Å². The number of nitrogens with one attached hydrogen (secondary N) is 2. The number of hydrogen-bond donors (Lipinski definition) is 2. The third kappa shape index (κ3) is 5.54. The van der Waals surface area contributed by atoms with Gasteiger partial charge < -0.3 is 15.4 Å². The number of amides is 2. The highest BCUT2D eigenvalue weighted by Crippen LogP contribution is 2.31. The number of aryl methyl sites for hydroxylation is 3. The van der Waals surface area contributed by atoms with Gasteiger partial charge in [0.05, 0.1) is 17.7 Å². The molecular formula is C24H31N3O5S. The summed E-state index contributed by atoms with van der Waals surface area (Å²) in [5.74, 6) is -0.272. The van der Waals surface area contributed by atoms with E-state index in [-0.39, 0.29) is 30.8 Å². The quantitative estimate of drug-likeness (QED) is 0.667. The maximum Gasteiger partial charge on any atom is 0.243 e. The fourth-order valence-corrected chi connectivity index (χ4v) is 6.26. The molecule has 0 radical (unpaired) electrons. The lowest BCUT2D eigenvalue weighted by molar-refractivity contribution is -0.121. The molecule has 2 aromatic carbocycles. The van der Waals surface area contributed by atoms with Crippen LogP contribution in [0, 0.1) is 26.7 Å². The molecule has 0 bridgehead atoms. The first kappa shape index (κ1) is 24.7. The van der Waals surface area contributed by atoms with Crippen molar-refractivity contribution in [2.45, 2.75) is 45.4 Å². The Morgan fingerprint density at radius 1 is 1.00 bits per heavy atom. The summed E-state index contributed by atoms with van der Waals surface area (Å²) in [7, 11) is -2.13.